The van der Waals surface area contributed by atoms with E-state index in [9.17, 15) is 9.59 Å². The molecule has 7 heteroatoms. The quantitative estimate of drug-likeness (QED) is 0.766. The van der Waals surface area contributed by atoms with Gasteiger partial charge in [0.25, 0.3) is 5.91 Å². The van der Waals surface area contributed by atoms with Crippen LogP contribution < -0.4 is 14.2 Å². The van der Waals surface area contributed by atoms with Gasteiger partial charge in [-0.2, -0.15) is 0 Å². The van der Waals surface area contributed by atoms with E-state index in [4.69, 9.17) is 19.3 Å². The van der Waals surface area contributed by atoms with Crippen LogP contribution in [0.1, 0.15) is 21.5 Å². The van der Waals surface area contributed by atoms with Crippen LogP contribution in [0.3, 0.4) is 0 Å². The van der Waals surface area contributed by atoms with Crippen molar-refractivity contribution in [1.29, 1.82) is 0 Å². The third-order valence-corrected chi connectivity index (χ3v) is 4.05. The van der Waals surface area contributed by atoms with E-state index in [1.165, 1.54) is 0 Å². The number of nitrogens with zero attached hydrogens (tertiary/aromatic N) is 1. The lowest BCUT2D eigenvalue weighted by atomic mass is 10.1. The molecular weight excluding hydrogens is 350 g/mol. The molecule has 27 heavy (non-hydrogen) atoms. The fourth-order valence-electron chi connectivity index (χ4n) is 2.61. The first kappa shape index (κ1) is 20.1. The van der Waals surface area contributed by atoms with Gasteiger partial charge in [0.15, 0.2) is 6.61 Å². The van der Waals surface area contributed by atoms with Crippen molar-refractivity contribution in [2.75, 3.05) is 27.9 Å². The second-order valence-corrected chi connectivity index (χ2v) is 5.99. The predicted molar refractivity (Wildman–Crippen MR) is 99.7 cm³/mol. The molecule has 0 saturated carbocycles. The lowest BCUT2D eigenvalue weighted by Crippen LogP contribution is -2.26. The maximum absolute atomic E-state index is 12.8. The summed E-state index contributed by atoms with van der Waals surface area (Å²) in [4.78, 5) is 24.9. The minimum absolute atomic E-state index is 0.169. The average molecular weight is 373 g/mol. The summed E-state index contributed by atoms with van der Waals surface area (Å²) in [6.45, 7) is 1.86. The summed E-state index contributed by atoms with van der Waals surface area (Å²) in [7, 11) is 4.80. The number of rotatable bonds is 8. The van der Waals surface area contributed by atoms with E-state index in [2.05, 4.69) is 0 Å². The van der Waals surface area contributed by atoms with E-state index in [0.717, 1.165) is 11.1 Å². The number of benzene rings is 2. The standard InChI is InChI=1S/C20H23NO6/c1-13-17(25-3)9-15(10-18(13)26-4)20(24)21(2)11-14-5-7-16(8-6-14)27-12-19(22)23/h5-10H,11-12H2,1-4H3,(H,22,23). The van der Waals surface area contributed by atoms with Crippen LogP contribution in [0.4, 0.5) is 0 Å². The number of ether oxygens (including phenoxy) is 3. The van der Waals surface area contributed by atoms with Gasteiger partial charge in [-0.3, -0.25) is 4.79 Å². The SMILES string of the molecule is COc1cc(C(=O)N(C)Cc2ccc(OCC(=O)O)cc2)cc(OC)c1C. The molecule has 0 unspecified atom stereocenters. The van der Waals surface area contributed by atoms with Gasteiger partial charge in [-0.05, 0) is 36.8 Å². The summed E-state index contributed by atoms with van der Waals surface area (Å²) in [5.74, 6) is 0.436. The van der Waals surface area contributed by atoms with Crippen LogP contribution in [0.15, 0.2) is 36.4 Å². The summed E-state index contributed by atoms with van der Waals surface area (Å²) >= 11 is 0. The molecular formula is C20H23NO6. The highest BCUT2D eigenvalue weighted by atomic mass is 16.5. The topological polar surface area (TPSA) is 85.3 Å². The lowest BCUT2D eigenvalue weighted by molar-refractivity contribution is -0.139. The first-order valence-corrected chi connectivity index (χ1v) is 8.27. The molecule has 0 atom stereocenters. The summed E-state index contributed by atoms with van der Waals surface area (Å²) < 4.78 is 15.7. The molecule has 0 radical (unpaired) electrons. The van der Waals surface area contributed by atoms with Gasteiger partial charge in [0.2, 0.25) is 0 Å². The van der Waals surface area contributed by atoms with E-state index in [1.54, 1.807) is 62.6 Å². The fraction of sp³-hybridized carbons (Fsp3) is 0.300. The van der Waals surface area contributed by atoms with E-state index < -0.39 is 12.6 Å². The molecule has 7 nitrogen and oxygen atoms in total. The van der Waals surface area contributed by atoms with Crippen molar-refractivity contribution in [3.8, 4) is 17.2 Å². The molecule has 144 valence electrons. The van der Waals surface area contributed by atoms with Crippen LogP contribution in [0.5, 0.6) is 17.2 Å². The van der Waals surface area contributed by atoms with Crippen LogP contribution in [-0.4, -0.2) is 49.8 Å². The molecule has 0 fully saturated rings. The van der Waals surface area contributed by atoms with Gasteiger partial charge >= 0.3 is 5.97 Å². The minimum atomic E-state index is -1.03. The Morgan fingerprint density at radius 2 is 1.59 bits per heavy atom. The Balaban J connectivity index is 2.10. The van der Waals surface area contributed by atoms with E-state index in [0.29, 0.717) is 29.4 Å². The first-order valence-electron chi connectivity index (χ1n) is 8.27. The number of carbonyl (C=O) groups is 2. The third-order valence-electron chi connectivity index (χ3n) is 4.05. The normalized spacial score (nSPS) is 10.2. The zero-order valence-electron chi connectivity index (χ0n) is 15.8. The van der Waals surface area contributed by atoms with Crippen LogP contribution in [0.25, 0.3) is 0 Å². The van der Waals surface area contributed by atoms with Gasteiger partial charge in [-0.15, -0.1) is 0 Å². The van der Waals surface area contributed by atoms with Gasteiger partial charge in [0.05, 0.1) is 14.2 Å². The van der Waals surface area contributed by atoms with E-state index >= 15 is 0 Å². The van der Waals surface area contributed by atoms with Crippen molar-refractivity contribution >= 4 is 11.9 Å². The number of carboxylic acids is 1. The highest BCUT2D eigenvalue weighted by Gasteiger charge is 2.17. The Morgan fingerprint density at radius 3 is 2.07 bits per heavy atom. The summed E-state index contributed by atoms with van der Waals surface area (Å²) in [5.41, 5.74) is 2.19. The monoisotopic (exact) mass is 373 g/mol. The Hall–Kier alpha value is -3.22. The molecule has 1 amide bonds. The van der Waals surface area contributed by atoms with Crippen molar-refractivity contribution < 1.29 is 28.9 Å². The summed E-state index contributed by atoms with van der Waals surface area (Å²) in [5, 5.41) is 8.62. The largest absolute Gasteiger partial charge is 0.496 e. The molecule has 0 heterocycles. The fourth-order valence-corrected chi connectivity index (χ4v) is 2.61. The number of aliphatic carboxylic acids is 1. The molecule has 2 aromatic carbocycles. The predicted octanol–water partition coefficient (Wildman–Crippen LogP) is 2.75. The third kappa shape index (κ3) is 5.13. The number of hydrogen-bond donors (Lipinski definition) is 1. The van der Waals surface area contributed by atoms with E-state index in [1.807, 2.05) is 6.92 Å². The number of amides is 1. The molecule has 0 saturated heterocycles. The minimum Gasteiger partial charge on any atom is -0.496 e. The molecule has 1 N–H and O–H groups in total. The van der Waals surface area contributed by atoms with Gasteiger partial charge < -0.3 is 24.2 Å². The second-order valence-electron chi connectivity index (χ2n) is 5.99. The zero-order valence-corrected chi connectivity index (χ0v) is 15.8. The lowest BCUT2D eigenvalue weighted by Gasteiger charge is -2.19. The highest BCUT2D eigenvalue weighted by Crippen LogP contribution is 2.30. The Kier molecular flexibility index (Phi) is 6.65. The zero-order chi connectivity index (χ0) is 20.0. The van der Waals surface area contributed by atoms with Crippen LogP contribution in [0.2, 0.25) is 0 Å². The van der Waals surface area contributed by atoms with Gasteiger partial charge in [-0.1, -0.05) is 12.1 Å². The molecule has 0 aliphatic rings. The summed E-state index contributed by atoms with van der Waals surface area (Å²) in [6.07, 6.45) is 0. The Labute approximate surface area is 158 Å². The van der Waals surface area contributed by atoms with E-state index in [-0.39, 0.29) is 5.91 Å². The van der Waals surface area contributed by atoms with Crippen LogP contribution >= 0.6 is 0 Å². The number of methoxy groups -OCH3 is 2. The van der Waals surface area contributed by atoms with Crippen LogP contribution in [-0.2, 0) is 11.3 Å². The molecule has 0 spiro atoms. The number of hydrogen-bond acceptors (Lipinski definition) is 5. The average Bonchev–Trinajstić information content (AvgIpc) is 2.67. The highest BCUT2D eigenvalue weighted by molar-refractivity contribution is 5.95. The van der Waals surface area contributed by atoms with Crippen LogP contribution in [0, 0.1) is 6.92 Å². The van der Waals surface area contributed by atoms with Gasteiger partial charge in [-0.25, -0.2) is 4.79 Å². The Morgan fingerprint density at radius 1 is 1.04 bits per heavy atom. The summed E-state index contributed by atoms with van der Waals surface area (Å²) in [6, 6.07) is 10.3. The van der Waals surface area contributed by atoms with Crippen molar-refractivity contribution in [1.82, 2.24) is 4.90 Å². The van der Waals surface area contributed by atoms with Crippen molar-refractivity contribution in [3.63, 3.8) is 0 Å². The number of carboxylic acid groups (broad SMARTS) is 1. The van der Waals surface area contributed by atoms with Gasteiger partial charge in [0.1, 0.15) is 17.2 Å². The van der Waals surface area contributed by atoms with Crippen molar-refractivity contribution in [2.45, 2.75) is 13.5 Å². The molecule has 0 aliphatic carbocycles. The van der Waals surface area contributed by atoms with Gasteiger partial charge in [0, 0.05) is 24.7 Å². The maximum atomic E-state index is 12.8. The number of carbonyl (C=O) groups excluding carboxylic acids is 1. The molecule has 0 aliphatic heterocycles. The molecule has 0 aromatic heterocycles. The smallest absolute Gasteiger partial charge is 0.341 e. The molecule has 2 aromatic rings. The molecule has 2 rings (SSSR count). The second kappa shape index (κ2) is 8.93. The molecule has 0 bridgehead atoms. The first-order chi connectivity index (χ1) is 12.8. The Bertz CT molecular complexity index is 791. The maximum Gasteiger partial charge on any atom is 0.341 e. The van der Waals surface area contributed by atoms with Crippen molar-refractivity contribution in [3.05, 3.63) is 53.1 Å². The van der Waals surface area contributed by atoms with Crippen molar-refractivity contribution in [2.24, 2.45) is 0 Å².